The van der Waals surface area contributed by atoms with E-state index in [1.54, 1.807) is 6.07 Å². The summed E-state index contributed by atoms with van der Waals surface area (Å²) in [5, 5.41) is 21.8. The molecule has 0 atom stereocenters. The van der Waals surface area contributed by atoms with Crippen LogP contribution in [0.25, 0.3) is 0 Å². The number of carbonyl (C=O) groups is 1. The minimum absolute atomic E-state index is 0.0754. The van der Waals surface area contributed by atoms with Crippen molar-refractivity contribution in [3.05, 3.63) is 53.1 Å². The van der Waals surface area contributed by atoms with Crippen molar-refractivity contribution in [2.45, 2.75) is 26.2 Å². The molecule has 0 aromatic heterocycles. The predicted molar refractivity (Wildman–Crippen MR) is 98.4 cm³/mol. The number of hydrogen-bond acceptors (Lipinski definition) is 4. The maximum atomic E-state index is 12.7. The van der Waals surface area contributed by atoms with Crippen LogP contribution in [0.15, 0.2) is 36.4 Å². The van der Waals surface area contributed by atoms with Gasteiger partial charge in [0.2, 0.25) is 0 Å². The zero-order valence-electron chi connectivity index (χ0n) is 14.5. The highest BCUT2D eigenvalue weighted by molar-refractivity contribution is 6.00. The Hall–Kier alpha value is -2.69. The zero-order chi connectivity index (χ0) is 17.8. The number of aryl methyl sites for hydroxylation is 1. The fraction of sp³-hybridized carbons (Fsp3) is 0.350. The first-order valence-electron chi connectivity index (χ1n) is 8.69. The SMILES string of the molecule is Cc1ccc(N2CCCC2)c(C(=O)NCCc2ccc(O)c(O)c2)c1. The van der Waals surface area contributed by atoms with Crippen molar-refractivity contribution in [1.82, 2.24) is 5.32 Å². The molecule has 0 radical (unpaired) electrons. The number of benzene rings is 2. The van der Waals surface area contributed by atoms with Crippen LogP contribution in [0.2, 0.25) is 0 Å². The molecule has 5 heteroatoms. The van der Waals surface area contributed by atoms with Crippen LogP contribution >= 0.6 is 0 Å². The summed E-state index contributed by atoms with van der Waals surface area (Å²) in [5.74, 6) is -0.352. The van der Waals surface area contributed by atoms with Crippen molar-refractivity contribution in [3.63, 3.8) is 0 Å². The van der Waals surface area contributed by atoms with Gasteiger partial charge >= 0.3 is 0 Å². The van der Waals surface area contributed by atoms with E-state index in [1.165, 1.54) is 25.0 Å². The van der Waals surface area contributed by atoms with E-state index in [2.05, 4.69) is 10.2 Å². The van der Waals surface area contributed by atoms with E-state index in [9.17, 15) is 15.0 Å². The van der Waals surface area contributed by atoms with Crippen LogP contribution in [0.3, 0.4) is 0 Å². The number of anilines is 1. The summed E-state index contributed by atoms with van der Waals surface area (Å²) in [4.78, 5) is 14.9. The fourth-order valence-electron chi connectivity index (χ4n) is 3.21. The number of phenols is 2. The molecule has 0 spiro atoms. The first kappa shape index (κ1) is 17.1. The van der Waals surface area contributed by atoms with Crippen LogP contribution in [-0.2, 0) is 6.42 Å². The van der Waals surface area contributed by atoms with Crippen LogP contribution in [0.5, 0.6) is 11.5 Å². The summed E-state index contributed by atoms with van der Waals surface area (Å²) in [5.41, 5.74) is 3.65. The van der Waals surface area contributed by atoms with Crippen LogP contribution in [0, 0.1) is 6.92 Å². The van der Waals surface area contributed by atoms with E-state index >= 15 is 0 Å². The van der Waals surface area contributed by atoms with Crippen LogP contribution in [0.4, 0.5) is 5.69 Å². The Bertz CT molecular complexity index is 768. The van der Waals surface area contributed by atoms with Gasteiger partial charge in [-0.25, -0.2) is 0 Å². The monoisotopic (exact) mass is 340 g/mol. The van der Waals surface area contributed by atoms with Crippen molar-refractivity contribution < 1.29 is 15.0 Å². The normalized spacial score (nSPS) is 13.9. The lowest BCUT2D eigenvalue weighted by atomic mass is 10.1. The van der Waals surface area contributed by atoms with Gasteiger partial charge in [0, 0.05) is 25.3 Å². The summed E-state index contributed by atoms with van der Waals surface area (Å²) in [6, 6.07) is 10.7. The molecule has 3 rings (SSSR count). The van der Waals surface area contributed by atoms with Crippen molar-refractivity contribution in [3.8, 4) is 11.5 Å². The highest BCUT2D eigenvalue weighted by Gasteiger charge is 2.19. The van der Waals surface area contributed by atoms with E-state index in [-0.39, 0.29) is 17.4 Å². The lowest BCUT2D eigenvalue weighted by Gasteiger charge is -2.21. The van der Waals surface area contributed by atoms with Crippen molar-refractivity contribution in [1.29, 1.82) is 0 Å². The number of phenolic OH excluding ortho intramolecular Hbond substituents is 2. The number of nitrogens with zero attached hydrogens (tertiary/aromatic N) is 1. The van der Waals surface area contributed by atoms with Gasteiger partial charge in [-0.05, 0) is 56.0 Å². The molecule has 1 fully saturated rings. The lowest BCUT2D eigenvalue weighted by molar-refractivity contribution is 0.0954. The van der Waals surface area contributed by atoms with Gasteiger partial charge in [0.15, 0.2) is 11.5 Å². The lowest BCUT2D eigenvalue weighted by Crippen LogP contribution is -2.29. The fourth-order valence-corrected chi connectivity index (χ4v) is 3.21. The first-order valence-corrected chi connectivity index (χ1v) is 8.69. The standard InChI is InChI=1S/C20H24N2O3/c1-14-4-6-17(22-10-2-3-11-22)16(12-14)20(25)21-9-8-15-5-7-18(23)19(24)13-15/h4-7,12-13,23-24H,2-3,8-11H2,1H3,(H,21,25). The zero-order valence-corrected chi connectivity index (χ0v) is 14.5. The van der Waals surface area contributed by atoms with Crippen LogP contribution in [0.1, 0.15) is 34.3 Å². The molecule has 2 aromatic rings. The molecule has 0 bridgehead atoms. The molecule has 0 unspecified atom stereocenters. The summed E-state index contributed by atoms with van der Waals surface area (Å²) in [6.45, 7) is 4.45. The summed E-state index contributed by atoms with van der Waals surface area (Å²) < 4.78 is 0. The topological polar surface area (TPSA) is 72.8 Å². The minimum atomic E-state index is -0.140. The molecule has 2 aromatic carbocycles. The second kappa shape index (κ2) is 7.47. The Balaban J connectivity index is 1.66. The Morgan fingerprint density at radius 2 is 1.84 bits per heavy atom. The molecule has 1 saturated heterocycles. The molecule has 132 valence electrons. The summed E-state index contributed by atoms with van der Waals surface area (Å²) >= 11 is 0. The largest absolute Gasteiger partial charge is 0.504 e. The number of nitrogens with one attached hydrogen (secondary N) is 1. The molecule has 1 aliphatic rings. The van der Waals surface area contributed by atoms with Crippen molar-refractivity contribution >= 4 is 11.6 Å². The highest BCUT2D eigenvalue weighted by atomic mass is 16.3. The number of amides is 1. The molecular weight excluding hydrogens is 316 g/mol. The average molecular weight is 340 g/mol. The second-order valence-corrected chi connectivity index (χ2v) is 6.54. The highest BCUT2D eigenvalue weighted by Crippen LogP contribution is 2.26. The van der Waals surface area contributed by atoms with E-state index in [0.29, 0.717) is 13.0 Å². The molecule has 1 amide bonds. The molecule has 0 saturated carbocycles. The van der Waals surface area contributed by atoms with Gasteiger partial charge in [-0.2, -0.15) is 0 Å². The Morgan fingerprint density at radius 1 is 1.08 bits per heavy atom. The van der Waals surface area contributed by atoms with E-state index < -0.39 is 0 Å². The van der Waals surface area contributed by atoms with Gasteiger partial charge in [-0.1, -0.05) is 17.7 Å². The summed E-state index contributed by atoms with van der Waals surface area (Å²) in [6.07, 6.45) is 2.92. The van der Waals surface area contributed by atoms with Gasteiger partial charge in [-0.15, -0.1) is 0 Å². The first-order chi connectivity index (χ1) is 12.0. The Kier molecular flexibility index (Phi) is 5.12. The van der Waals surface area contributed by atoms with E-state index in [1.807, 2.05) is 25.1 Å². The predicted octanol–water partition coefficient (Wildman–Crippen LogP) is 2.98. The van der Waals surface area contributed by atoms with Crippen LogP contribution in [-0.4, -0.2) is 35.8 Å². The molecule has 1 heterocycles. The Morgan fingerprint density at radius 3 is 2.56 bits per heavy atom. The molecule has 5 nitrogen and oxygen atoms in total. The average Bonchev–Trinajstić information content (AvgIpc) is 3.12. The maximum Gasteiger partial charge on any atom is 0.253 e. The molecule has 1 aliphatic heterocycles. The van der Waals surface area contributed by atoms with Gasteiger partial charge < -0.3 is 20.4 Å². The number of rotatable bonds is 5. The molecule has 0 aliphatic carbocycles. The third kappa shape index (κ3) is 4.05. The number of carbonyl (C=O) groups excluding carboxylic acids is 1. The smallest absolute Gasteiger partial charge is 0.253 e. The number of hydrogen-bond donors (Lipinski definition) is 3. The molecular formula is C20H24N2O3. The second-order valence-electron chi connectivity index (χ2n) is 6.54. The van der Waals surface area contributed by atoms with Gasteiger partial charge in [0.1, 0.15) is 0 Å². The minimum Gasteiger partial charge on any atom is -0.504 e. The van der Waals surface area contributed by atoms with Crippen LogP contribution < -0.4 is 10.2 Å². The summed E-state index contributed by atoms with van der Waals surface area (Å²) in [7, 11) is 0. The third-order valence-electron chi connectivity index (χ3n) is 4.58. The van der Waals surface area contributed by atoms with Crippen molar-refractivity contribution in [2.24, 2.45) is 0 Å². The van der Waals surface area contributed by atoms with Gasteiger partial charge in [0.05, 0.1) is 5.56 Å². The molecule has 3 N–H and O–H groups in total. The van der Waals surface area contributed by atoms with Gasteiger partial charge in [-0.3, -0.25) is 4.79 Å². The van der Waals surface area contributed by atoms with Crippen molar-refractivity contribution in [2.75, 3.05) is 24.5 Å². The quantitative estimate of drug-likeness (QED) is 0.732. The Labute approximate surface area is 147 Å². The maximum absolute atomic E-state index is 12.7. The van der Waals surface area contributed by atoms with E-state index in [0.717, 1.165) is 35.5 Å². The molecule has 25 heavy (non-hydrogen) atoms. The third-order valence-corrected chi connectivity index (χ3v) is 4.58. The van der Waals surface area contributed by atoms with E-state index in [4.69, 9.17) is 0 Å². The van der Waals surface area contributed by atoms with Gasteiger partial charge in [0.25, 0.3) is 5.91 Å². The number of aromatic hydroxyl groups is 2.